The summed E-state index contributed by atoms with van der Waals surface area (Å²) in [7, 11) is 3.65. The molecular weight excluding hydrogens is 272 g/mol. The Hall–Kier alpha value is -1.30. The van der Waals surface area contributed by atoms with Crippen LogP contribution >= 0.6 is 11.8 Å². The number of thioether (sulfide) groups is 1. The maximum Gasteiger partial charge on any atom is 0.225 e. The predicted octanol–water partition coefficient (Wildman–Crippen LogP) is 1.81. The van der Waals surface area contributed by atoms with E-state index >= 15 is 0 Å². The third-order valence-electron chi connectivity index (χ3n) is 3.61. The van der Waals surface area contributed by atoms with Crippen LogP contribution in [-0.4, -0.2) is 54.2 Å². The Kier molecular flexibility index (Phi) is 4.86. The summed E-state index contributed by atoms with van der Waals surface area (Å²) in [6.45, 7) is 3.76. The molecular formula is C14H22N4OS. The number of hydrogen-bond acceptors (Lipinski definition) is 5. The maximum absolute atomic E-state index is 12.0. The van der Waals surface area contributed by atoms with Crippen molar-refractivity contribution >= 4 is 23.5 Å². The summed E-state index contributed by atoms with van der Waals surface area (Å²) >= 11 is 1.56. The van der Waals surface area contributed by atoms with Gasteiger partial charge in [-0.2, -0.15) is 0 Å². The first-order valence-corrected chi connectivity index (χ1v) is 8.09. The minimum Gasteiger partial charge on any atom is -0.356 e. The van der Waals surface area contributed by atoms with Crippen molar-refractivity contribution in [1.82, 2.24) is 14.9 Å². The highest BCUT2D eigenvalue weighted by Crippen LogP contribution is 2.24. The highest BCUT2D eigenvalue weighted by Gasteiger charge is 2.26. The molecule has 1 saturated heterocycles. The van der Waals surface area contributed by atoms with Crippen molar-refractivity contribution in [3.8, 4) is 0 Å². The second kappa shape index (κ2) is 6.43. The van der Waals surface area contributed by atoms with E-state index in [0.29, 0.717) is 0 Å². The molecule has 0 unspecified atom stereocenters. The Morgan fingerprint density at radius 3 is 2.55 bits per heavy atom. The Morgan fingerprint density at radius 2 is 2.00 bits per heavy atom. The zero-order chi connectivity index (χ0) is 14.7. The van der Waals surface area contributed by atoms with E-state index in [4.69, 9.17) is 0 Å². The number of aryl methyl sites for hydroxylation is 1. The lowest BCUT2D eigenvalue weighted by molar-refractivity contribution is -0.133. The summed E-state index contributed by atoms with van der Waals surface area (Å²) in [5, 5.41) is 0.812. The third-order valence-corrected chi connectivity index (χ3v) is 4.16. The number of hydrogen-bond donors (Lipinski definition) is 0. The van der Waals surface area contributed by atoms with E-state index in [1.807, 2.05) is 33.3 Å². The molecule has 20 heavy (non-hydrogen) atoms. The molecule has 6 heteroatoms. The minimum atomic E-state index is 0.157. The second-order valence-electron chi connectivity index (χ2n) is 5.35. The second-order valence-corrected chi connectivity index (χ2v) is 6.12. The molecule has 1 aliphatic heterocycles. The molecule has 1 aromatic rings. The maximum atomic E-state index is 12.0. The number of carbonyl (C=O) groups is 1. The molecule has 0 radical (unpaired) electrons. The van der Waals surface area contributed by atoms with Gasteiger partial charge in [0.15, 0.2) is 5.16 Å². The standard InChI is InChI=1S/C14H22N4OS/c1-10-9-12(16-14(15-10)20-4)18-7-5-11(6-8-18)13(19)17(2)3/h9,11H,5-8H2,1-4H3. The van der Waals surface area contributed by atoms with Gasteiger partial charge in [0.25, 0.3) is 0 Å². The number of nitrogens with zero attached hydrogens (tertiary/aromatic N) is 4. The fraction of sp³-hybridized carbons (Fsp3) is 0.643. The predicted molar refractivity (Wildman–Crippen MR) is 82.2 cm³/mol. The van der Waals surface area contributed by atoms with Crippen LogP contribution < -0.4 is 4.90 Å². The van der Waals surface area contributed by atoms with Gasteiger partial charge in [-0.1, -0.05) is 11.8 Å². The number of rotatable bonds is 3. The molecule has 110 valence electrons. The molecule has 1 aliphatic rings. The van der Waals surface area contributed by atoms with Crippen molar-refractivity contribution in [2.24, 2.45) is 5.92 Å². The summed E-state index contributed by atoms with van der Waals surface area (Å²) in [6, 6.07) is 2.02. The normalized spacial score (nSPS) is 16.3. The first-order valence-electron chi connectivity index (χ1n) is 6.87. The van der Waals surface area contributed by atoms with Gasteiger partial charge in [-0.05, 0) is 26.0 Å². The number of aromatic nitrogens is 2. The molecule has 1 amide bonds. The molecule has 0 spiro atoms. The topological polar surface area (TPSA) is 49.3 Å². The van der Waals surface area contributed by atoms with Crippen LogP contribution in [0.25, 0.3) is 0 Å². The first-order chi connectivity index (χ1) is 9.51. The average Bonchev–Trinajstić information content (AvgIpc) is 2.45. The summed E-state index contributed by atoms with van der Waals surface area (Å²) in [5.74, 6) is 1.38. The number of anilines is 1. The zero-order valence-corrected chi connectivity index (χ0v) is 13.4. The molecule has 0 N–H and O–H groups in total. The number of piperidine rings is 1. The fourth-order valence-electron chi connectivity index (χ4n) is 2.50. The lowest BCUT2D eigenvalue weighted by Crippen LogP contribution is -2.40. The van der Waals surface area contributed by atoms with E-state index in [0.717, 1.165) is 42.6 Å². The molecule has 0 bridgehead atoms. The van der Waals surface area contributed by atoms with Crippen molar-refractivity contribution in [2.45, 2.75) is 24.9 Å². The van der Waals surface area contributed by atoms with Crippen LogP contribution in [0.2, 0.25) is 0 Å². The van der Waals surface area contributed by atoms with Crippen molar-refractivity contribution in [2.75, 3.05) is 38.3 Å². The average molecular weight is 294 g/mol. The van der Waals surface area contributed by atoms with Crippen molar-refractivity contribution in [3.05, 3.63) is 11.8 Å². The van der Waals surface area contributed by atoms with Gasteiger partial charge < -0.3 is 9.80 Å². The molecule has 0 saturated carbocycles. The molecule has 5 nitrogen and oxygen atoms in total. The SMILES string of the molecule is CSc1nc(C)cc(N2CCC(C(=O)N(C)C)CC2)n1. The van der Waals surface area contributed by atoms with Crippen molar-refractivity contribution in [1.29, 1.82) is 0 Å². The lowest BCUT2D eigenvalue weighted by atomic mass is 9.95. The van der Waals surface area contributed by atoms with E-state index in [-0.39, 0.29) is 11.8 Å². The van der Waals surface area contributed by atoms with E-state index in [1.54, 1.807) is 16.7 Å². The largest absolute Gasteiger partial charge is 0.356 e. The van der Waals surface area contributed by atoms with Gasteiger partial charge in [-0.3, -0.25) is 4.79 Å². The highest BCUT2D eigenvalue weighted by atomic mass is 32.2. The van der Waals surface area contributed by atoms with Crippen molar-refractivity contribution in [3.63, 3.8) is 0 Å². The van der Waals surface area contributed by atoms with E-state index < -0.39 is 0 Å². The van der Waals surface area contributed by atoms with Crippen LogP contribution in [-0.2, 0) is 4.79 Å². The number of amides is 1. The lowest BCUT2D eigenvalue weighted by Gasteiger charge is -2.33. The van der Waals surface area contributed by atoms with Gasteiger partial charge in [0.1, 0.15) is 5.82 Å². The molecule has 2 heterocycles. The van der Waals surface area contributed by atoms with E-state index in [1.165, 1.54) is 0 Å². The van der Waals surface area contributed by atoms with Crippen LogP contribution in [0.4, 0.5) is 5.82 Å². The molecule has 1 fully saturated rings. The van der Waals surface area contributed by atoms with Gasteiger partial charge in [-0.25, -0.2) is 9.97 Å². The van der Waals surface area contributed by atoms with Gasteiger partial charge in [-0.15, -0.1) is 0 Å². The van der Waals surface area contributed by atoms with Crippen LogP contribution in [0.1, 0.15) is 18.5 Å². The van der Waals surface area contributed by atoms with Crippen LogP contribution in [0, 0.1) is 12.8 Å². The van der Waals surface area contributed by atoms with Gasteiger partial charge in [0, 0.05) is 44.9 Å². The van der Waals surface area contributed by atoms with Gasteiger partial charge in [0.2, 0.25) is 5.91 Å². The zero-order valence-electron chi connectivity index (χ0n) is 12.6. The van der Waals surface area contributed by atoms with Crippen LogP contribution in [0.5, 0.6) is 0 Å². The highest BCUT2D eigenvalue weighted by molar-refractivity contribution is 7.98. The summed E-state index contributed by atoms with van der Waals surface area (Å²) < 4.78 is 0. The molecule has 0 aliphatic carbocycles. The van der Waals surface area contributed by atoms with Crippen LogP contribution in [0.3, 0.4) is 0 Å². The summed E-state index contributed by atoms with van der Waals surface area (Å²) in [6.07, 6.45) is 3.78. The Morgan fingerprint density at radius 1 is 1.35 bits per heavy atom. The Balaban J connectivity index is 2.03. The summed E-state index contributed by atoms with van der Waals surface area (Å²) in [5.41, 5.74) is 0.992. The van der Waals surface area contributed by atoms with E-state index in [2.05, 4.69) is 14.9 Å². The van der Waals surface area contributed by atoms with Crippen molar-refractivity contribution < 1.29 is 4.79 Å². The monoisotopic (exact) mass is 294 g/mol. The quantitative estimate of drug-likeness (QED) is 0.628. The van der Waals surface area contributed by atoms with Gasteiger partial charge >= 0.3 is 0 Å². The first kappa shape index (κ1) is 15.1. The Bertz CT molecular complexity index is 484. The molecule has 2 rings (SSSR count). The third kappa shape index (κ3) is 3.42. The molecule has 1 aromatic heterocycles. The Labute approximate surface area is 124 Å². The minimum absolute atomic E-state index is 0.157. The smallest absolute Gasteiger partial charge is 0.225 e. The summed E-state index contributed by atoms with van der Waals surface area (Å²) in [4.78, 5) is 24.9. The van der Waals surface area contributed by atoms with Crippen LogP contribution in [0.15, 0.2) is 11.2 Å². The number of carbonyl (C=O) groups excluding carboxylic acids is 1. The molecule has 0 atom stereocenters. The van der Waals surface area contributed by atoms with Gasteiger partial charge in [0.05, 0.1) is 0 Å². The van der Waals surface area contributed by atoms with E-state index in [9.17, 15) is 4.79 Å². The fourth-order valence-corrected chi connectivity index (χ4v) is 2.92. The molecule has 0 aromatic carbocycles.